The SMILES string of the molecule is CCOc1ccc([C@@H]2C(C(=O)OC)=CN=c3s/c(=C\c4ccc(OCc5cccc6ccccc56)c(I)c4)c(=O)n32)cc1OCC. The van der Waals surface area contributed by atoms with E-state index in [4.69, 9.17) is 18.9 Å². The van der Waals surface area contributed by atoms with Gasteiger partial charge in [0.2, 0.25) is 0 Å². The number of benzene rings is 4. The molecule has 0 saturated heterocycles. The fraction of sp³-hybridized carbons (Fsp3) is 0.194. The Labute approximate surface area is 283 Å². The number of hydrogen-bond acceptors (Lipinski definition) is 8. The maximum Gasteiger partial charge on any atom is 0.337 e. The smallest absolute Gasteiger partial charge is 0.337 e. The maximum absolute atomic E-state index is 14.0. The molecule has 0 N–H and O–H groups in total. The van der Waals surface area contributed by atoms with E-state index in [9.17, 15) is 9.59 Å². The third kappa shape index (κ3) is 6.32. The van der Waals surface area contributed by atoms with E-state index < -0.39 is 12.0 Å². The van der Waals surface area contributed by atoms with Crippen LogP contribution in [0.3, 0.4) is 0 Å². The number of thiazole rings is 1. The number of hydrogen-bond donors (Lipinski definition) is 0. The molecular formula is C36H31IN2O6S. The van der Waals surface area contributed by atoms with Crippen molar-refractivity contribution in [3.8, 4) is 17.2 Å². The van der Waals surface area contributed by atoms with Crippen molar-refractivity contribution >= 4 is 56.7 Å². The molecule has 6 rings (SSSR count). The number of carbonyl (C=O) groups excluding carboxylic acids is 1. The molecule has 4 aromatic carbocycles. The number of methoxy groups -OCH3 is 1. The highest BCUT2D eigenvalue weighted by Gasteiger charge is 2.31. The summed E-state index contributed by atoms with van der Waals surface area (Å²) in [5.74, 6) is 1.31. The summed E-state index contributed by atoms with van der Waals surface area (Å²) in [4.78, 5) is 31.8. The summed E-state index contributed by atoms with van der Waals surface area (Å²) in [5, 5.41) is 2.34. The second kappa shape index (κ2) is 13.9. The largest absolute Gasteiger partial charge is 0.490 e. The van der Waals surface area contributed by atoms with E-state index in [0.717, 1.165) is 20.4 Å². The molecule has 10 heteroatoms. The fourth-order valence-corrected chi connectivity index (χ4v) is 7.10. The highest BCUT2D eigenvalue weighted by Crippen LogP contribution is 2.35. The number of halogens is 1. The molecule has 0 saturated carbocycles. The molecule has 1 atom stereocenters. The number of esters is 1. The molecule has 0 amide bonds. The van der Waals surface area contributed by atoms with Gasteiger partial charge in [-0.3, -0.25) is 9.36 Å². The van der Waals surface area contributed by atoms with Crippen LogP contribution in [0.5, 0.6) is 17.2 Å². The summed E-state index contributed by atoms with van der Waals surface area (Å²) in [6.45, 7) is 5.12. The van der Waals surface area contributed by atoms with Gasteiger partial charge in [0.05, 0.1) is 40.0 Å². The molecule has 0 fully saturated rings. The maximum atomic E-state index is 14.0. The Bertz CT molecular complexity index is 2150. The van der Waals surface area contributed by atoms with Crippen molar-refractivity contribution in [3.05, 3.63) is 131 Å². The lowest BCUT2D eigenvalue weighted by molar-refractivity contribution is -0.136. The molecule has 1 aliphatic heterocycles. The van der Waals surface area contributed by atoms with E-state index in [1.54, 1.807) is 16.7 Å². The third-order valence-electron chi connectivity index (χ3n) is 7.52. The third-order valence-corrected chi connectivity index (χ3v) is 9.36. The predicted octanol–water partition coefficient (Wildman–Crippen LogP) is 6.15. The molecule has 46 heavy (non-hydrogen) atoms. The molecular weight excluding hydrogens is 715 g/mol. The molecule has 234 valence electrons. The summed E-state index contributed by atoms with van der Waals surface area (Å²) in [6.07, 6.45) is 3.32. The number of aromatic nitrogens is 1. The zero-order chi connectivity index (χ0) is 32.2. The minimum absolute atomic E-state index is 0.246. The van der Waals surface area contributed by atoms with Crippen LogP contribution < -0.4 is 29.1 Å². The predicted molar refractivity (Wildman–Crippen MR) is 187 cm³/mol. The Hall–Kier alpha value is -4.42. The van der Waals surface area contributed by atoms with Crippen LogP contribution in [0.2, 0.25) is 0 Å². The van der Waals surface area contributed by atoms with Crippen molar-refractivity contribution in [2.24, 2.45) is 4.99 Å². The lowest BCUT2D eigenvalue weighted by Crippen LogP contribution is -2.39. The quantitative estimate of drug-likeness (QED) is 0.126. The monoisotopic (exact) mass is 746 g/mol. The molecule has 5 aromatic rings. The second-order valence-electron chi connectivity index (χ2n) is 10.4. The molecule has 0 unspecified atom stereocenters. The summed E-state index contributed by atoms with van der Waals surface area (Å²) < 4.78 is 25.8. The highest BCUT2D eigenvalue weighted by molar-refractivity contribution is 14.1. The Balaban J connectivity index is 1.34. The number of rotatable bonds is 10. The van der Waals surface area contributed by atoms with Gasteiger partial charge < -0.3 is 18.9 Å². The van der Waals surface area contributed by atoms with Crippen LogP contribution in [0.25, 0.3) is 16.8 Å². The molecule has 1 aliphatic rings. The van der Waals surface area contributed by atoms with Gasteiger partial charge in [0.1, 0.15) is 12.4 Å². The molecule has 0 bridgehead atoms. The summed E-state index contributed by atoms with van der Waals surface area (Å²) >= 11 is 3.52. The van der Waals surface area contributed by atoms with Gasteiger partial charge in [-0.15, -0.1) is 0 Å². The van der Waals surface area contributed by atoms with Gasteiger partial charge in [0, 0.05) is 6.20 Å². The Morgan fingerprint density at radius 2 is 1.70 bits per heavy atom. The van der Waals surface area contributed by atoms with Crippen LogP contribution >= 0.6 is 33.9 Å². The minimum Gasteiger partial charge on any atom is -0.490 e. The van der Waals surface area contributed by atoms with Gasteiger partial charge in [0.15, 0.2) is 16.3 Å². The first-order valence-corrected chi connectivity index (χ1v) is 16.7. The number of fused-ring (bicyclic) bond motifs is 2. The Morgan fingerprint density at radius 3 is 2.48 bits per heavy atom. The lowest BCUT2D eigenvalue weighted by Gasteiger charge is -2.23. The molecule has 2 heterocycles. The van der Waals surface area contributed by atoms with E-state index >= 15 is 0 Å². The van der Waals surface area contributed by atoms with Gasteiger partial charge in [0.25, 0.3) is 5.56 Å². The van der Waals surface area contributed by atoms with Gasteiger partial charge in [-0.25, -0.2) is 9.79 Å². The Kier molecular flexibility index (Phi) is 9.55. The van der Waals surface area contributed by atoms with E-state index in [2.05, 4.69) is 51.8 Å². The van der Waals surface area contributed by atoms with Crippen molar-refractivity contribution in [2.75, 3.05) is 20.3 Å². The zero-order valence-corrected chi connectivity index (χ0v) is 28.5. The number of nitrogens with zero attached hydrogens (tertiary/aromatic N) is 2. The topological polar surface area (TPSA) is 88.4 Å². The van der Waals surface area contributed by atoms with E-state index in [1.807, 2.05) is 62.4 Å². The summed E-state index contributed by atoms with van der Waals surface area (Å²) in [6, 6.07) is 25.0. The van der Waals surface area contributed by atoms with Crippen LogP contribution in [0.4, 0.5) is 0 Å². The zero-order valence-electron chi connectivity index (χ0n) is 25.5. The summed E-state index contributed by atoms with van der Waals surface area (Å²) in [5.41, 5.74) is 2.61. The number of ether oxygens (including phenoxy) is 4. The average molecular weight is 747 g/mol. The standard InChI is InChI=1S/C36H31IN2O6S/c1-4-43-30-16-14-24(19-31(30)44-5-2)33-27(35(41)42-3)20-38-36-39(33)34(40)32(46-36)18-22-13-15-29(28(37)17-22)45-21-25-11-8-10-23-9-6-7-12-26(23)25/h6-20,33H,4-5,21H2,1-3H3/b32-18-/t33-/m1/s1. The highest BCUT2D eigenvalue weighted by atomic mass is 127. The van der Waals surface area contributed by atoms with Crippen molar-refractivity contribution in [1.82, 2.24) is 4.57 Å². The fourth-order valence-electron chi connectivity index (χ4n) is 5.44. The first-order valence-electron chi connectivity index (χ1n) is 14.8. The first-order chi connectivity index (χ1) is 22.4. The minimum atomic E-state index is -0.759. The summed E-state index contributed by atoms with van der Waals surface area (Å²) in [7, 11) is 1.31. The Morgan fingerprint density at radius 1 is 0.935 bits per heavy atom. The van der Waals surface area contributed by atoms with E-state index in [-0.39, 0.29) is 11.1 Å². The normalized spacial score (nSPS) is 14.3. The number of carbonyl (C=O) groups is 1. The van der Waals surface area contributed by atoms with Crippen LogP contribution in [0.15, 0.2) is 100 Å². The lowest BCUT2D eigenvalue weighted by atomic mass is 9.97. The van der Waals surface area contributed by atoms with Crippen molar-refractivity contribution < 1.29 is 23.7 Å². The van der Waals surface area contributed by atoms with Crippen molar-refractivity contribution in [3.63, 3.8) is 0 Å². The average Bonchev–Trinajstić information content (AvgIpc) is 3.39. The van der Waals surface area contributed by atoms with Crippen LogP contribution in [0, 0.1) is 3.57 Å². The van der Waals surface area contributed by atoms with Crippen LogP contribution in [0.1, 0.15) is 36.6 Å². The van der Waals surface area contributed by atoms with Gasteiger partial charge >= 0.3 is 5.97 Å². The molecule has 8 nitrogen and oxygen atoms in total. The molecule has 0 spiro atoms. The van der Waals surface area contributed by atoms with Gasteiger partial charge in [-0.05, 0) is 94.2 Å². The van der Waals surface area contributed by atoms with Crippen molar-refractivity contribution in [2.45, 2.75) is 26.5 Å². The molecule has 1 aromatic heterocycles. The molecule has 0 aliphatic carbocycles. The molecule has 0 radical (unpaired) electrons. The van der Waals surface area contributed by atoms with E-state index in [1.165, 1.54) is 35.4 Å². The second-order valence-corrected chi connectivity index (χ2v) is 12.5. The van der Waals surface area contributed by atoms with E-state index in [0.29, 0.717) is 46.2 Å². The van der Waals surface area contributed by atoms with Gasteiger partial charge in [-0.2, -0.15) is 0 Å². The first kappa shape index (κ1) is 31.6. The van der Waals surface area contributed by atoms with Crippen LogP contribution in [-0.2, 0) is 16.1 Å². The van der Waals surface area contributed by atoms with Gasteiger partial charge in [-0.1, -0.05) is 65.9 Å². The van der Waals surface area contributed by atoms with Crippen molar-refractivity contribution in [1.29, 1.82) is 0 Å². The van der Waals surface area contributed by atoms with Crippen LogP contribution in [-0.4, -0.2) is 30.9 Å².